The summed E-state index contributed by atoms with van der Waals surface area (Å²) in [5, 5.41) is 4.57. The summed E-state index contributed by atoms with van der Waals surface area (Å²) in [6, 6.07) is 9.28. The number of aromatic nitrogens is 2. The first-order chi connectivity index (χ1) is 14.3. The minimum Gasteiger partial charge on any atom is -0.471 e. The van der Waals surface area contributed by atoms with Crippen LogP contribution >= 0.6 is 11.6 Å². The van der Waals surface area contributed by atoms with Gasteiger partial charge in [0.15, 0.2) is 6.29 Å². The Kier molecular flexibility index (Phi) is 7.76. The average molecular weight is 450 g/mol. The van der Waals surface area contributed by atoms with Crippen LogP contribution in [-0.4, -0.2) is 45.8 Å². The Morgan fingerprint density at radius 1 is 1.19 bits per heavy atom. The van der Waals surface area contributed by atoms with E-state index in [1.807, 2.05) is 71.9 Å². The largest absolute Gasteiger partial charge is 0.471 e. The zero-order valence-corrected chi connectivity index (χ0v) is 20.1. The third-order valence-electron chi connectivity index (χ3n) is 4.73. The summed E-state index contributed by atoms with van der Waals surface area (Å²) in [6.45, 7) is 12.0. The zero-order chi connectivity index (χ0) is 23.4. The second-order valence-corrected chi connectivity index (χ2v) is 9.93. The molecule has 0 aliphatic rings. The molecule has 1 amide bonds. The number of benzene rings is 1. The molecule has 0 saturated carbocycles. The highest BCUT2D eigenvalue weighted by Gasteiger charge is 2.35. The summed E-state index contributed by atoms with van der Waals surface area (Å²) >= 11 is 6.38. The van der Waals surface area contributed by atoms with Crippen LogP contribution in [0.4, 0.5) is 4.79 Å². The normalized spacial score (nSPS) is 12.9. The lowest BCUT2D eigenvalue weighted by atomic mass is 9.86. The van der Waals surface area contributed by atoms with E-state index in [9.17, 15) is 9.59 Å². The quantitative estimate of drug-likeness (QED) is 0.542. The van der Waals surface area contributed by atoms with Crippen LogP contribution in [-0.2, 0) is 17.9 Å². The van der Waals surface area contributed by atoms with Crippen molar-refractivity contribution in [2.75, 3.05) is 7.05 Å². The Hall–Kier alpha value is -2.54. The number of nitrogens with zero attached hydrogens (tertiary/aromatic N) is 3. The van der Waals surface area contributed by atoms with E-state index in [-0.39, 0.29) is 41.2 Å². The molecule has 31 heavy (non-hydrogen) atoms. The van der Waals surface area contributed by atoms with Crippen molar-refractivity contribution in [2.24, 2.45) is 5.41 Å². The second-order valence-electron chi connectivity index (χ2n) is 9.55. The highest BCUT2D eigenvalue weighted by atomic mass is 35.5. The molecule has 1 heterocycles. The fourth-order valence-electron chi connectivity index (χ4n) is 3.10. The lowest BCUT2D eigenvalue weighted by Gasteiger charge is -2.38. The predicted octanol–water partition coefficient (Wildman–Crippen LogP) is 5.21. The summed E-state index contributed by atoms with van der Waals surface area (Å²) in [4.78, 5) is 26.0. The molecular weight excluding hydrogens is 418 g/mol. The van der Waals surface area contributed by atoms with E-state index < -0.39 is 11.7 Å². The number of carbonyl (C=O) groups excluding carboxylic acids is 2. The molecule has 170 valence electrons. The molecule has 1 aromatic heterocycles. The van der Waals surface area contributed by atoms with E-state index in [0.717, 1.165) is 5.56 Å². The van der Waals surface area contributed by atoms with E-state index in [1.54, 1.807) is 11.9 Å². The fraction of sp³-hybridized carbons (Fsp3) is 0.522. The molecule has 2 rings (SSSR count). The predicted molar refractivity (Wildman–Crippen MR) is 121 cm³/mol. The summed E-state index contributed by atoms with van der Waals surface area (Å²) in [6.07, 6.45) is 0.205. The SMILES string of the molecule is CN(C(=O)OC(C)(C)C)[C@@H](Cn1nc(OCc2ccccc2)c(Cl)c1C=O)C(C)(C)C. The number of halogens is 1. The Labute approximate surface area is 189 Å². The molecular formula is C23H32ClN3O4. The summed E-state index contributed by atoms with van der Waals surface area (Å²) in [7, 11) is 1.68. The first-order valence-electron chi connectivity index (χ1n) is 10.2. The number of aldehydes is 1. The molecule has 1 atom stereocenters. The van der Waals surface area contributed by atoms with E-state index in [0.29, 0.717) is 6.29 Å². The van der Waals surface area contributed by atoms with Crippen molar-refractivity contribution >= 4 is 24.0 Å². The van der Waals surface area contributed by atoms with Crippen LogP contribution in [0.5, 0.6) is 5.88 Å². The number of amides is 1. The first kappa shape index (κ1) is 24.7. The summed E-state index contributed by atoms with van der Waals surface area (Å²) in [5.74, 6) is 0.181. The van der Waals surface area contributed by atoms with E-state index >= 15 is 0 Å². The van der Waals surface area contributed by atoms with Crippen molar-refractivity contribution in [3.63, 3.8) is 0 Å². The van der Waals surface area contributed by atoms with Gasteiger partial charge >= 0.3 is 6.09 Å². The smallest absolute Gasteiger partial charge is 0.410 e. The average Bonchev–Trinajstić information content (AvgIpc) is 2.97. The van der Waals surface area contributed by atoms with Crippen molar-refractivity contribution in [1.82, 2.24) is 14.7 Å². The molecule has 2 aromatic rings. The first-order valence-corrected chi connectivity index (χ1v) is 10.6. The molecule has 1 aromatic carbocycles. The molecule has 0 radical (unpaired) electrons. The van der Waals surface area contributed by atoms with Crippen LogP contribution in [0.2, 0.25) is 5.02 Å². The number of carbonyl (C=O) groups is 2. The zero-order valence-electron chi connectivity index (χ0n) is 19.3. The van der Waals surface area contributed by atoms with Crippen LogP contribution in [0, 0.1) is 5.41 Å². The molecule has 0 spiro atoms. The topological polar surface area (TPSA) is 73.7 Å². The monoisotopic (exact) mass is 449 g/mol. The number of hydrogen-bond donors (Lipinski definition) is 0. The van der Waals surface area contributed by atoms with Crippen LogP contribution in [0.15, 0.2) is 30.3 Å². The van der Waals surface area contributed by atoms with Gasteiger partial charge in [-0.05, 0) is 31.7 Å². The van der Waals surface area contributed by atoms with Gasteiger partial charge < -0.3 is 14.4 Å². The fourth-order valence-corrected chi connectivity index (χ4v) is 3.34. The van der Waals surface area contributed by atoms with Gasteiger partial charge in [0, 0.05) is 7.05 Å². The van der Waals surface area contributed by atoms with Gasteiger partial charge in [-0.1, -0.05) is 62.7 Å². The highest BCUT2D eigenvalue weighted by molar-refractivity contribution is 6.34. The van der Waals surface area contributed by atoms with Crippen molar-refractivity contribution < 1.29 is 19.1 Å². The van der Waals surface area contributed by atoms with Gasteiger partial charge in [0.25, 0.3) is 5.88 Å². The summed E-state index contributed by atoms with van der Waals surface area (Å²) in [5.41, 5.74) is 0.222. The van der Waals surface area contributed by atoms with Crippen molar-refractivity contribution in [1.29, 1.82) is 0 Å². The number of ether oxygens (including phenoxy) is 2. The van der Waals surface area contributed by atoms with Crippen LogP contribution in [0.1, 0.15) is 57.6 Å². The van der Waals surface area contributed by atoms with E-state index in [2.05, 4.69) is 5.10 Å². The number of likely N-dealkylation sites (N-methyl/N-ethyl adjacent to an activating group) is 1. The summed E-state index contributed by atoms with van der Waals surface area (Å²) < 4.78 is 12.8. The Morgan fingerprint density at radius 3 is 2.32 bits per heavy atom. The molecule has 0 N–H and O–H groups in total. The maximum absolute atomic E-state index is 12.7. The third-order valence-corrected chi connectivity index (χ3v) is 5.08. The molecule has 0 unspecified atom stereocenters. The lowest BCUT2D eigenvalue weighted by Crippen LogP contribution is -2.49. The second kappa shape index (κ2) is 9.73. The Balaban J connectivity index is 2.27. The van der Waals surface area contributed by atoms with Gasteiger partial charge in [0.2, 0.25) is 0 Å². The Bertz CT molecular complexity index is 898. The maximum atomic E-state index is 12.7. The van der Waals surface area contributed by atoms with Crippen LogP contribution in [0.25, 0.3) is 0 Å². The molecule has 7 nitrogen and oxygen atoms in total. The van der Waals surface area contributed by atoms with E-state index in [4.69, 9.17) is 21.1 Å². The number of hydrogen-bond acceptors (Lipinski definition) is 5. The van der Waals surface area contributed by atoms with Gasteiger partial charge in [0.1, 0.15) is 22.9 Å². The van der Waals surface area contributed by atoms with Gasteiger partial charge in [0.05, 0.1) is 12.6 Å². The van der Waals surface area contributed by atoms with Crippen LogP contribution in [0.3, 0.4) is 0 Å². The van der Waals surface area contributed by atoms with Gasteiger partial charge in [-0.3, -0.25) is 9.48 Å². The van der Waals surface area contributed by atoms with Crippen LogP contribution < -0.4 is 4.74 Å². The lowest BCUT2D eigenvalue weighted by molar-refractivity contribution is 0.00650. The molecule has 0 aliphatic carbocycles. The Morgan fingerprint density at radius 2 is 1.81 bits per heavy atom. The van der Waals surface area contributed by atoms with Gasteiger partial charge in [-0.25, -0.2) is 4.79 Å². The molecule has 0 aliphatic heterocycles. The van der Waals surface area contributed by atoms with E-state index in [1.165, 1.54) is 4.68 Å². The van der Waals surface area contributed by atoms with Gasteiger partial charge in [-0.15, -0.1) is 5.10 Å². The standard InChI is InChI=1S/C23H32ClN3O4/c1-22(2,3)18(26(7)21(29)31-23(4,5)6)13-27-17(14-28)19(24)20(25-27)30-15-16-11-9-8-10-12-16/h8-12,14,18H,13,15H2,1-7H3/t18-/m0/s1. The van der Waals surface area contributed by atoms with Crippen molar-refractivity contribution in [3.05, 3.63) is 46.6 Å². The molecule has 0 fully saturated rings. The highest BCUT2D eigenvalue weighted by Crippen LogP contribution is 2.31. The minimum atomic E-state index is -0.616. The minimum absolute atomic E-state index is 0.151. The molecule has 0 bridgehead atoms. The molecule has 0 saturated heterocycles. The van der Waals surface area contributed by atoms with Gasteiger partial charge in [-0.2, -0.15) is 0 Å². The van der Waals surface area contributed by atoms with Crippen molar-refractivity contribution in [3.8, 4) is 5.88 Å². The maximum Gasteiger partial charge on any atom is 0.410 e. The van der Waals surface area contributed by atoms with Crippen molar-refractivity contribution in [2.45, 2.75) is 66.3 Å². The number of rotatable bonds is 7. The third kappa shape index (κ3) is 6.72. The molecule has 8 heteroatoms.